The monoisotopic (exact) mass is 241 g/mol. The number of Topliss-reactive ketones (excluding diaryl/α,β-unsaturated/α-hetero) is 1. The van der Waals surface area contributed by atoms with Crippen LogP contribution in [-0.4, -0.2) is 16.5 Å². The molecule has 0 aliphatic carbocycles. The van der Waals surface area contributed by atoms with E-state index in [1.54, 1.807) is 0 Å². The molecule has 1 aromatic rings. The predicted molar refractivity (Wildman–Crippen MR) is 68.3 cm³/mol. The fraction of sp³-hybridized carbons (Fsp3) is 0.400. The van der Waals surface area contributed by atoms with E-state index in [0.717, 1.165) is 12.8 Å². The molecule has 2 heterocycles. The molecule has 3 rings (SSSR count). The Labute approximate surface area is 107 Å². The summed E-state index contributed by atoms with van der Waals surface area (Å²) in [6, 6.07) is 11.1. The second kappa shape index (κ2) is 4.48. The van der Waals surface area contributed by atoms with E-state index in [-0.39, 0.29) is 5.78 Å². The lowest BCUT2D eigenvalue weighted by Crippen LogP contribution is -2.14. The Kier molecular flexibility index (Phi) is 2.82. The summed E-state index contributed by atoms with van der Waals surface area (Å²) < 4.78 is 2.11. The molecule has 2 unspecified atom stereocenters. The molecule has 0 saturated carbocycles. The van der Waals surface area contributed by atoms with Crippen molar-refractivity contribution in [2.75, 3.05) is 0 Å². The minimum absolute atomic E-state index is 0.149. The molecule has 0 N–H and O–H groups in total. The summed E-state index contributed by atoms with van der Waals surface area (Å²) in [7, 11) is 0. The first-order valence-electron chi connectivity index (χ1n) is 6.59. The number of rotatable bonds is 3. The standard InChI is InChI=1S/C15H17N2O/c1-2-15(18)13-10-12-8-9-14(17(12)16-13)11-6-4-3-5-7-11/h3-7,10,12,14H,2,8-9H2,1H3/q+1. The number of hydrogen-bond acceptors (Lipinski definition) is 2. The van der Waals surface area contributed by atoms with E-state index in [0.29, 0.717) is 24.2 Å². The first kappa shape index (κ1) is 11.3. The summed E-state index contributed by atoms with van der Waals surface area (Å²) in [5.41, 5.74) is 1.95. The Balaban J connectivity index is 1.88. The second-order valence-corrected chi connectivity index (χ2v) is 4.88. The van der Waals surface area contributed by atoms with Crippen molar-refractivity contribution in [2.24, 2.45) is 5.11 Å². The summed E-state index contributed by atoms with van der Waals surface area (Å²) in [5, 5.41) is 4.52. The predicted octanol–water partition coefficient (Wildman–Crippen LogP) is 3.23. The van der Waals surface area contributed by atoms with Crippen LogP contribution >= 0.6 is 0 Å². The maximum atomic E-state index is 11.7. The molecule has 0 aromatic heterocycles. The van der Waals surface area contributed by atoms with Crippen molar-refractivity contribution in [1.29, 1.82) is 0 Å². The fourth-order valence-electron chi connectivity index (χ4n) is 2.79. The van der Waals surface area contributed by atoms with E-state index in [2.05, 4.69) is 34.1 Å². The fourth-order valence-corrected chi connectivity index (χ4v) is 2.79. The van der Waals surface area contributed by atoms with Crippen molar-refractivity contribution in [2.45, 2.75) is 38.3 Å². The zero-order valence-corrected chi connectivity index (χ0v) is 10.5. The summed E-state index contributed by atoms with van der Waals surface area (Å²) in [4.78, 5) is 11.7. The highest BCUT2D eigenvalue weighted by Crippen LogP contribution is 2.37. The minimum atomic E-state index is 0.149. The molecule has 1 aromatic carbocycles. The maximum absolute atomic E-state index is 11.7. The second-order valence-electron chi connectivity index (χ2n) is 4.88. The van der Waals surface area contributed by atoms with Gasteiger partial charge in [-0.3, -0.25) is 4.79 Å². The molecule has 3 nitrogen and oxygen atoms in total. The van der Waals surface area contributed by atoms with Crippen LogP contribution < -0.4 is 0 Å². The van der Waals surface area contributed by atoms with Crippen LogP contribution in [0.1, 0.15) is 37.8 Å². The Morgan fingerprint density at radius 3 is 2.83 bits per heavy atom. The normalized spacial score (nSPS) is 25.6. The summed E-state index contributed by atoms with van der Waals surface area (Å²) in [6.45, 7) is 1.89. The van der Waals surface area contributed by atoms with Crippen LogP contribution in [0.4, 0.5) is 0 Å². The Morgan fingerprint density at radius 1 is 1.33 bits per heavy atom. The van der Waals surface area contributed by atoms with Gasteiger partial charge in [-0.2, -0.15) is 0 Å². The van der Waals surface area contributed by atoms with Crippen molar-refractivity contribution in [3.05, 3.63) is 47.7 Å². The van der Waals surface area contributed by atoms with Gasteiger partial charge in [0.15, 0.2) is 11.5 Å². The average Bonchev–Trinajstić information content (AvgIpc) is 2.98. The van der Waals surface area contributed by atoms with Crippen LogP contribution in [0.5, 0.6) is 0 Å². The van der Waals surface area contributed by atoms with Crippen molar-refractivity contribution in [3.8, 4) is 0 Å². The van der Waals surface area contributed by atoms with Gasteiger partial charge in [0.2, 0.25) is 12.1 Å². The van der Waals surface area contributed by atoms with Crippen LogP contribution in [0.15, 0.2) is 47.2 Å². The molecule has 0 bridgehead atoms. The van der Waals surface area contributed by atoms with Gasteiger partial charge in [-0.05, 0) is 5.11 Å². The number of nitrogens with zero attached hydrogens (tertiary/aromatic N) is 2. The van der Waals surface area contributed by atoms with E-state index in [4.69, 9.17) is 0 Å². The lowest BCUT2D eigenvalue weighted by Gasteiger charge is -2.05. The van der Waals surface area contributed by atoms with Crippen molar-refractivity contribution >= 4 is 5.78 Å². The third-order valence-electron chi connectivity index (χ3n) is 3.76. The van der Waals surface area contributed by atoms with Crippen LogP contribution in [0.25, 0.3) is 0 Å². The van der Waals surface area contributed by atoms with Gasteiger partial charge in [-0.25, -0.2) is 0 Å². The van der Waals surface area contributed by atoms with Crippen LogP contribution in [0.3, 0.4) is 0 Å². The number of benzene rings is 1. The Bertz CT molecular complexity index is 531. The number of carbonyl (C=O) groups is 1. The lowest BCUT2D eigenvalue weighted by atomic mass is 10.1. The number of ketones is 1. The van der Waals surface area contributed by atoms with E-state index in [1.807, 2.05) is 19.1 Å². The molecule has 18 heavy (non-hydrogen) atoms. The molecule has 3 heteroatoms. The molecule has 0 amide bonds. The summed E-state index contributed by atoms with van der Waals surface area (Å²) in [5.74, 6) is 0.149. The van der Waals surface area contributed by atoms with Crippen molar-refractivity contribution < 1.29 is 9.49 Å². The molecule has 2 aliphatic heterocycles. The highest BCUT2D eigenvalue weighted by molar-refractivity contribution is 5.94. The molecule has 2 atom stereocenters. The van der Waals surface area contributed by atoms with Gasteiger partial charge in [-0.1, -0.05) is 37.3 Å². The Hall–Kier alpha value is -1.77. The number of allylic oxidation sites excluding steroid dienone is 1. The molecule has 0 radical (unpaired) electrons. The van der Waals surface area contributed by atoms with E-state index in [1.165, 1.54) is 5.56 Å². The molecule has 1 fully saturated rings. The van der Waals surface area contributed by atoms with Crippen molar-refractivity contribution in [1.82, 2.24) is 0 Å². The Morgan fingerprint density at radius 2 is 2.11 bits per heavy atom. The third-order valence-corrected chi connectivity index (χ3v) is 3.76. The van der Waals surface area contributed by atoms with E-state index in [9.17, 15) is 4.79 Å². The number of carbonyl (C=O) groups excluding carboxylic acids is 1. The van der Waals surface area contributed by atoms with Gasteiger partial charge in [0, 0.05) is 30.9 Å². The van der Waals surface area contributed by atoms with Crippen LogP contribution in [-0.2, 0) is 4.79 Å². The van der Waals surface area contributed by atoms with Gasteiger partial charge in [-0.15, -0.1) is 4.70 Å². The number of fused-ring (bicyclic) bond motifs is 1. The zero-order chi connectivity index (χ0) is 12.5. The van der Waals surface area contributed by atoms with Gasteiger partial charge < -0.3 is 0 Å². The van der Waals surface area contributed by atoms with Crippen LogP contribution in [0.2, 0.25) is 0 Å². The smallest absolute Gasteiger partial charge is 0.204 e. The van der Waals surface area contributed by atoms with Gasteiger partial charge in [0.05, 0.1) is 0 Å². The molecular weight excluding hydrogens is 224 g/mol. The van der Waals surface area contributed by atoms with Crippen LogP contribution in [0, 0.1) is 0 Å². The first-order chi connectivity index (χ1) is 8.79. The molecule has 2 aliphatic rings. The average molecular weight is 241 g/mol. The number of azo groups is 2. The largest absolute Gasteiger partial charge is 0.292 e. The van der Waals surface area contributed by atoms with E-state index >= 15 is 0 Å². The summed E-state index contributed by atoms with van der Waals surface area (Å²) >= 11 is 0. The van der Waals surface area contributed by atoms with Gasteiger partial charge >= 0.3 is 0 Å². The SMILES string of the molecule is CCC(=O)C1=CC2CCC(c3ccccc3)[N+]2=N1. The zero-order valence-electron chi connectivity index (χ0n) is 10.5. The summed E-state index contributed by atoms with van der Waals surface area (Å²) in [6.07, 6.45) is 4.77. The molecular formula is C15H17N2O+. The molecule has 0 spiro atoms. The van der Waals surface area contributed by atoms with E-state index < -0.39 is 0 Å². The highest BCUT2D eigenvalue weighted by Gasteiger charge is 2.43. The lowest BCUT2D eigenvalue weighted by molar-refractivity contribution is -0.628. The molecule has 92 valence electrons. The third kappa shape index (κ3) is 1.80. The topological polar surface area (TPSA) is 32.4 Å². The van der Waals surface area contributed by atoms with Crippen molar-refractivity contribution in [3.63, 3.8) is 0 Å². The maximum Gasteiger partial charge on any atom is 0.204 e. The molecule has 1 saturated heterocycles. The van der Waals surface area contributed by atoms with Gasteiger partial charge in [0.25, 0.3) is 0 Å². The minimum Gasteiger partial charge on any atom is -0.292 e. The highest BCUT2D eigenvalue weighted by atomic mass is 16.1. The quantitative estimate of drug-likeness (QED) is 0.748. The van der Waals surface area contributed by atoms with Gasteiger partial charge in [0.1, 0.15) is 0 Å². The number of hydrogen-bond donors (Lipinski definition) is 0. The first-order valence-corrected chi connectivity index (χ1v) is 6.59.